The topological polar surface area (TPSA) is 43.3 Å². The highest BCUT2D eigenvalue weighted by molar-refractivity contribution is 9.10. The predicted octanol–water partition coefficient (Wildman–Crippen LogP) is 2.35. The van der Waals surface area contributed by atoms with Crippen molar-refractivity contribution < 1.29 is 0 Å². The van der Waals surface area contributed by atoms with Crippen LogP contribution in [0.1, 0.15) is 17.0 Å². The summed E-state index contributed by atoms with van der Waals surface area (Å²) in [7, 11) is 0. The molecule has 0 atom stereocenters. The number of aromatic nitrogens is 2. The lowest BCUT2D eigenvalue weighted by Crippen LogP contribution is -2.13. The third-order valence-electron chi connectivity index (χ3n) is 2.28. The molecular formula is C10H10BrN3S. The van der Waals surface area contributed by atoms with Crippen molar-refractivity contribution in [2.75, 3.05) is 0 Å². The molecule has 2 N–H and O–H groups in total. The zero-order valence-corrected chi connectivity index (χ0v) is 10.8. The van der Waals surface area contributed by atoms with Gasteiger partial charge in [0.05, 0.1) is 5.69 Å². The fourth-order valence-electron chi connectivity index (χ4n) is 1.68. The smallest absolute Gasteiger partial charge is 0.140 e. The Kier molecular flexibility index (Phi) is 2.52. The highest BCUT2D eigenvalue weighted by Gasteiger charge is 2.12. The summed E-state index contributed by atoms with van der Waals surface area (Å²) in [5, 5.41) is 0. The van der Waals surface area contributed by atoms with Crippen molar-refractivity contribution in [3.05, 3.63) is 33.7 Å². The van der Waals surface area contributed by atoms with Gasteiger partial charge < -0.3 is 5.73 Å². The Morgan fingerprint density at radius 1 is 1.53 bits per heavy atom. The summed E-state index contributed by atoms with van der Waals surface area (Å²) in [5.74, 6) is 0. The zero-order chi connectivity index (χ0) is 11.2. The summed E-state index contributed by atoms with van der Waals surface area (Å²) in [5.41, 5.74) is 9.35. The second-order valence-corrected chi connectivity index (χ2v) is 4.80. The average molecular weight is 284 g/mol. The Labute approximate surface area is 101 Å². The van der Waals surface area contributed by atoms with E-state index in [9.17, 15) is 0 Å². The van der Waals surface area contributed by atoms with Crippen LogP contribution in [0.15, 0.2) is 16.7 Å². The van der Waals surface area contributed by atoms with E-state index in [2.05, 4.69) is 20.9 Å². The minimum absolute atomic E-state index is 0.373. The molecule has 2 aromatic heterocycles. The Hall–Kier alpha value is -0.940. The van der Waals surface area contributed by atoms with Crippen molar-refractivity contribution in [3.8, 4) is 0 Å². The van der Waals surface area contributed by atoms with Crippen LogP contribution >= 0.6 is 28.1 Å². The Morgan fingerprint density at radius 2 is 2.20 bits per heavy atom. The molecule has 0 unspecified atom stereocenters. The number of aryl methyl sites for hydroxylation is 2. The number of rotatable bonds is 1. The fraction of sp³-hybridized carbons (Fsp3) is 0.200. The number of hydrogen-bond donors (Lipinski definition) is 1. The average Bonchev–Trinajstić information content (AvgIpc) is 2.41. The van der Waals surface area contributed by atoms with Gasteiger partial charge in [0, 0.05) is 10.7 Å². The molecule has 0 radical (unpaired) electrons. The second kappa shape index (κ2) is 3.57. The maximum atomic E-state index is 5.68. The number of hydrogen-bond acceptors (Lipinski definition) is 2. The minimum atomic E-state index is 0.373. The number of thiocarbonyl (C=S) groups is 1. The minimum Gasteiger partial charge on any atom is -0.388 e. The first-order valence-electron chi connectivity index (χ1n) is 4.45. The van der Waals surface area contributed by atoms with E-state index in [0.717, 1.165) is 27.1 Å². The lowest BCUT2D eigenvalue weighted by atomic mass is 10.3. The molecule has 2 rings (SSSR count). The molecule has 3 nitrogen and oxygen atoms in total. The Bertz CT molecular complexity index is 559. The molecule has 15 heavy (non-hydrogen) atoms. The molecule has 0 spiro atoms. The third kappa shape index (κ3) is 1.66. The number of fused-ring (bicyclic) bond motifs is 1. The van der Waals surface area contributed by atoms with Crippen LogP contribution in [0, 0.1) is 13.8 Å². The predicted molar refractivity (Wildman–Crippen MR) is 68.3 cm³/mol. The van der Waals surface area contributed by atoms with Crippen LogP contribution in [0.2, 0.25) is 0 Å². The van der Waals surface area contributed by atoms with Gasteiger partial charge >= 0.3 is 0 Å². The molecular weight excluding hydrogens is 274 g/mol. The molecule has 0 saturated carbocycles. The highest BCUT2D eigenvalue weighted by Crippen LogP contribution is 2.20. The van der Waals surface area contributed by atoms with E-state index in [1.54, 1.807) is 0 Å². The highest BCUT2D eigenvalue weighted by atomic mass is 79.9. The number of nitrogens with two attached hydrogens (primary N) is 1. The maximum absolute atomic E-state index is 5.68. The van der Waals surface area contributed by atoms with Crippen molar-refractivity contribution in [2.45, 2.75) is 13.8 Å². The normalized spacial score (nSPS) is 10.9. The summed E-state index contributed by atoms with van der Waals surface area (Å²) in [6.07, 6.45) is 1.93. The van der Waals surface area contributed by atoms with Crippen LogP contribution in [0.25, 0.3) is 5.65 Å². The first-order chi connectivity index (χ1) is 7.00. The molecule has 0 aliphatic rings. The van der Waals surface area contributed by atoms with Crippen LogP contribution < -0.4 is 5.73 Å². The van der Waals surface area contributed by atoms with Gasteiger partial charge in [0.1, 0.15) is 16.3 Å². The van der Waals surface area contributed by atoms with Crippen molar-refractivity contribution in [1.29, 1.82) is 0 Å². The van der Waals surface area contributed by atoms with Crippen LogP contribution in [-0.4, -0.2) is 14.4 Å². The van der Waals surface area contributed by atoms with Crippen molar-refractivity contribution in [2.24, 2.45) is 5.73 Å². The number of nitrogens with zero attached hydrogens (tertiary/aromatic N) is 2. The van der Waals surface area contributed by atoms with Gasteiger partial charge in [0.25, 0.3) is 0 Å². The molecule has 2 aromatic rings. The molecule has 0 amide bonds. The summed E-state index contributed by atoms with van der Waals surface area (Å²) < 4.78 is 2.92. The van der Waals surface area contributed by atoms with E-state index in [-0.39, 0.29) is 0 Å². The van der Waals surface area contributed by atoms with E-state index in [1.165, 1.54) is 0 Å². The van der Waals surface area contributed by atoms with Gasteiger partial charge in [-0.3, -0.25) is 4.40 Å². The van der Waals surface area contributed by atoms with Crippen LogP contribution in [0.4, 0.5) is 0 Å². The fourth-order valence-corrected chi connectivity index (χ4v) is 2.47. The van der Waals surface area contributed by atoms with Gasteiger partial charge in [-0.25, -0.2) is 4.98 Å². The summed E-state index contributed by atoms with van der Waals surface area (Å²) in [4.78, 5) is 4.82. The Morgan fingerprint density at radius 3 is 2.80 bits per heavy atom. The van der Waals surface area contributed by atoms with Crippen LogP contribution in [0.5, 0.6) is 0 Å². The van der Waals surface area contributed by atoms with Crippen LogP contribution in [-0.2, 0) is 0 Å². The molecule has 5 heteroatoms. The van der Waals surface area contributed by atoms with Crippen molar-refractivity contribution in [3.63, 3.8) is 0 Å². The Balaban J connectivity index is 2.93. The summed E-state index contributed by atoms with van der Waals surface area (Å²) >= 11 is 8.46. The van der Waals surface area contributed by atoms with Crippen LogP contribution in [0.3, 0.4) is 0 Å². The molecule has 2 heterocycles. The molecule has 0 aromatic carbocycles. The van der Waals surface area contributed by atoms with Gasteiger partial charge in [0.2, 0.25) is 0 Å². The first kappa shape index (κ1) is 10.6. The molecule has 78 valence electrons. The van der Waals surface area contributed by atoms with E-state index >= 15 is 0 Å². The van der Waals surface area contributed by atoms with Crippen molar-refractivity contribution >= 4 is 38.8 Å². The third-order valence-corrected chi connectivity index (χ3v) is 2.91. The molecule has 0 saturated heterocycles. The zero-order valence-electron chi connectivity index (χ0n) is 8.41. The molecule has 0 aliphatic carbocycles. The van der Waals surface area contributed by atoms with Crippen molar-refractivity contribution in [1.82, 2.24) is 9.38 Å². The quantitative estimate of drug-likeness (QED) is 0.817. The van der Waals surface area contributed by atoms with Gasteiger partial charge in [-0.15, -0.1) is 0 Å². The summed E-state index contributed by atoms with van der Waals surface area (Å²) in [6.45, 7) is 3.92. The molecule has 0 fully saturated rings. The van der Waals surface area contributed by atoms with E-state index in [0.29, 0.717) is 4.99 Å². The lowest BCUT2D eigenvalue weighted by molar-refractivity contribution is 1.13. The monoisotopic (exact) mass is 283 g/mol. The lowest BCUT2D eigenvalue weighted by Gasteiger charge is -2.03. The van der Waals surface area contributed by atoms with E-state index < -0.39 is 0 Å². The number of imidazole rings is 1. The number of halogens is 1. The van der Waals surface area contributed by atoms with E-state index in [1.807, 2.05) is 30.5 Å². The largest absolute Gasteiger partial charge is 0.388 e. The first-order valence-corrected chi connectivity index (χ1v) is 5.65. The summed E-state index contributed by atoms with van der Waals surface area (Å²) in [6, 6.07) is 2.02. The van der Waals surface area contributed by atoms with Gasteiger partial charge in [-0.1, -0.05) is 12.2 Å². The van der Waals surface area contributed by atoms with Gasteiger partial charge in [-0.05, 0) is 41.4 Å². The molecule has 0 aliphatic heterocycles. The van der Waals surface area contributed by atoms with Gasteiger partial charge in [-0.2, -0.15) is 0 Å². The maximum Gasteiger partial charge on any atom is 0.140 e. The van der Waals surface area contributed by atoms with Gasteiger partial charge in [0.15, 0.2) is 0 Å². The van der Waals surface area contributed by atoms with E-state index in [4.69, 9.17) is 18.0 Å². The number of pyridine rings is 1. The standard InChI is InChI=1S/C10H10BrN3S/c1-5-3-7(11)4-14-8(9(12)15)6(2)13-10(5)14/h3-4H,1-2H3,(H2,12,15). The SMILES string of the molecule is Cc1nc2c(C)cc(Br)cn2c1C(N)=S. The molecule has 0 bridgehead atoms. The second-order valence-electron chi connectivity index (χ2n) is 3.45.